The highest BCUT2D eigenvalue weighted by molar-refractivity contribution is 6.27. The Bertz CT molecular complexity index is 1050. The largest absolute Gasteiger partial charge is 0.332 e. The molecule has 1 amide bonds. The molecular formula is C21H21ClFN3O2. The zero-order valence-electron chi connectivity index (χ0n) is 15.7. The second kappa shape index (κ2) is 8.52. The maximum atomic E-state index is 13.4. The van der Waals surface area contributed by atoms with E-state index in [-0.39, 0.29) is 17.3 Å². The third kappa shape index (κ3) is 3.64. The van der Waals surface area contributed by atoms with Gasteiger partial charge in [-0.3, -0.25) is 14.2 Å². The molecule has 0 aliphatic rings. The molecule has 0 radical (unpaired) electrons. The minimum atomic E-state index is -0.446. The molecule has 0 spiro atoms. The monoisotopic (exact) mass is 401 g/mol. The van der Waals surface area contributed by atoms with Gasteiger partial charge < -0.3 is 4.90 Å². The molecule has 1 unspecified atom stereocenters. The van der Waals surface area contributed by atoms with E-state index in [4.69, 9.17) is 16.6 Å². The van der Waals surface area contributed by atoms with Gasteiger partial charge in [0.1, 0.15) is 17.5 Å². The smallest absolute Gasteiger partial charge is 0.266 e. The minimum Gasteiger partial charge on any atom is -0.332 e. The van der Waals surface area contributed by atoms with Crippen molar-refractivity contribution in [2.24, 2.45) is 0 Å². The number of amides is 1. The molecule has 146 valence electrons. The van der Waals surface area contributed by atoms with Crippen LogP contribution in [0.1, 0.15) is 32.1 Å². The number of carbonyl (C=O) groups excluding carboxylic acids is 1. The number of aromatic nitrogens is 2. The predicted octanol–water partition coefficient (Wildman–Crippen LogP) is 4.06. The molecule has 1 atom stereocenters. The van der Waals surface area contributed by atoms with Crippen molar-refractivity contribution < 1.29 is 9.18 Å². The second-order valence-electron chi connectivity index (χ2n) is 6.34. The molecule has 0 bridgehead atoms. The van der Waals surface area contributed by atoms with E-state index in [2.05, 4.69) is 0 Å². The van der Waals surface area contributed by atoms with Crippen LogP contribution in [0.25, 0.3) is 16.6 Å². The minimum absolute atomic E-state index is 0.154. The summed E-state index contributed by atoms with van der Waals surface area (Å²) in [5, 5.41) is 0.456. The molecule has 3 rings (SSSR count). The van der Waals surface area contributed by atoms with Crippen LogP contribution in [-0.2, 0) is 4.79 Å². The molecule has 1 aromatic heterocycles. The van der Waals surface area contributed by atoms with Crippen LogP contribution in [-0.4, -0.2) is 32.8 Å². The Morgan fingerprint density at radius 1 is 1.18 bits per heavy atom. The van der Waals surface area contributed by atoms with Crippen LogP contribution in [0.5, 0.6) is 0 Å². The van der Waals surface area contributed by atoms with Crippen LogP contribution in [0.4, 0.5) is 4.39 Å². The van der Waals surface area contributed by atoms with Crippen molar-refractivity contribution in [2.75, 3.05) is 12.4 Å². The Labute approximate surface area is 167 Å². The fourth-order valence-corrected chi connectivity index (χ4v) is 3.56. The van der Waals surface area contributed by atoms with Crippen molar-refractivity contribution in [1.29, 1.82) is 0 Å². The predicted molar refractivity (Wildman–Crippen MR) is 108 cm³/mol. The van der Waals surface area contributed by atoms with Gasteiger partial charge in [-0.25, -0.2) is 9.37 Å². The molecule has 0 saturated carbocycles. The number of halogens is 2. The van der Waals surface area contributed by atoms with Crippen LogP contribution in [0.3, 0.4) is 0 Å². The van der Waals surface area contributed by atoms with Crippen molar-refractivity contribution in [1.82, 2.24) is 14.5 Å². The number of fused-ring (bicyclic) bond motifs is 1. The Hall–Kier alpha value is -2.73. The maximum absolute atomic E-state index is 13.4. The molecule has 0 aliphatic carbocycles. The molecule has 0 aliphatic heterocycles. The summed E-state index contributed by atoms with van der Waals surface area (Å²) >= 11 is 5.79. The summed E-state index contributed by atoms with van der Waals surface area (Å²) in [4.78, 5) is 32.0. The zero-order chi connectivity index (χ0) is 20.3. The lowest BCUT2D eigenvalue weighted by atomic mass is 10.1. The number of hydrogen-bond acceptors (Lipinski definition) is 3. The lowest BCUT2D eigenvalue weighted by molar-refractivity contribution is -0.131. The van der Waals surface area contributed by atoms with Crippen LogP contribution in [0.2, 0.25) is 0 Å². The summed E-state index contributed by atoms with van der Waals surface area (Å²) in [6.45, 7) is 4.20. The van der Waals surface area contributed by atoms with E-state index in [1.165, 1.54) is 28.8 Å². The van der Waals surface area contributed by atoms with Gasteiger partial charge >= 0.3 is 0 Å². The standard InChI is InChI=1S/C21H21ClFN3O2/c1-3-18(25(4-2)19(27)13-22)20-24-17-8-6-5-7-16(17)21(28)26(20)15-11-9-14(23)10-12-15/h5-12,18H,3-4,13H2,1-2H3. The second-order valence-corrected chi connectivity index (χ2v) is 6.61. The lowest BCUT2D eigenvalue weighted by Gasteiger charge is -2.31. The number of nitrogens with zero attached hydrogens (tertiary/aromatic N) is 3. The van der Waals surface area contributed by atoms with Crippen molar-refractivity contribution >= 4 is 28.4 Å². The molecule has 5 nitrogen and oxygen atoms in total. The first kappa shape index (κ1) is 20.0. The highest BCUT2D eigenvalue weighted by atomic mass is 35.5. The first-order chi connectivity index (χ1) is 13.5. The number of para-hydroxylation sites is 1. The van der Waals surface area contributed by atoms with Gasteiger partial charge in [-0.05, 0) is 49.7 Å². The first-order valence-electron chi connectivity index (χ1n) is 9.14. The van der Waals surface area contributed by atoms with Crippen LogP contribution in [0, 0.1) is 5.82 Å². The van der Waals surface area contributed by atoms with Gasteiger partial charge in [0.2, 0.25) is 5.91 Å². The van der Waals surface area contributed by atoms with Crippen molar-refractivity contribution in [3.05, 3.63) is 70.5 Å². The zero-order valence-corrected chi connectivity index (χ0v) is 16.5. The molecule has 0 fully saturated rings. The van der Waals surface area contributed by atoms with Gasteiger partial charge in [0.25, 0.3) is 5.56 Å². The third-order valence-corrected chi connectivity index (χ3v) is 4.95. The van der Waals surface area contributed by atoms with Crippen LogP contribution < -0.4 is 5.56 Å². The van der Waals surface area contributed by atoms with Crippen LogP contribution in [0.15, 0.2) is 53.3 Å². The Morgan fingerprint density at radius 2 is 1.86 bits per heavy atom. The third-order valence-electron chi connectivity index (χ3n) is 4.72. The average Bonchev–Trinajstić information content (AvgIpc) is 2.72. The highest BCUT2D eigenvalue weighted by Gasteiger charge is 2.27. The number of carbonyl (C=O) groups is 1. The van der Waals surface area contributed by atoms with E-state index in [1.54, 1.807) is 23.1 Å². The summed E-state index contributed by atoms with van der Waals surface area (Å²) in [6.07, 6.45) is 0.544. The van der Waals surface area contributed by atoms with Gasteiger partial charge in [-0.2, -0.15) is 0 Å². The molecule has 28 heavy (non-hydrogen) atoms. The van der Waals surface area contributed by atoms with E-state index in [0.717, 1.165) is 0 Å². The van der Waals surface area contributed by atoms with Gasteiger partial charge in [0.15, 0.2) is 0 Å². The fourth-order valence-electron chi connectivity index (χ4n) is 3.40. The quantitative estimate of drug-likeness (QED) is 0.585. The van der Waals surface area contributed by atoms with E-state index >= 15 is 0 Å². The Balaban J connectivity index is 2.33. The molecule has 7 heteroatoms. The van der Waals surface area contributed by atoms with Crippen molar-refractivity contribution in [2.45, 2.75) is 26.3 Å². The first-order valence-corrected chi connectivity index (χ1v) is 9.68. The Morgan fingerprint density at radius 3 is 2.46 bits per heavy atom. The molecule has 2 aromatic carbocycles. The molecular weight excluding hydrogens is 381 g/mol. The topological polar surface area (TPSA) is 55.2 Å². The van der Waals surface area contributed by atoms with E-state index in [9.17, 15) is 14.0 Å². The summed E-state index contributed by atoms with van der Waals surface area (Å²) in [6, 6.07) is 12.3. The summed E-state index contributed by atoms with van der Waals surface area (Å²) < 4.78 is 14.9. The molecule has 1 heterocycles. The van der Waals surface area contributed by atoms with Gasteiger partial charge in [-0.15, -0.1) is 11.6 Å². The van der Waals surface area contributed by atoms with E-state index in [0.29, 0.717) is 35.4 Å². The molecule has 3 aromatic rings. The Kier molecular flexibility index (Phi) is 6.09. The normalized spacial score (nSPS) is 12.1. The summed E-state index contributed by atoms with van der Waals surface area (Å²) in [7, 11) is 0. The van der Waals surface area contributed by atoms with Crippen molar-refractivity contribution in [3.63, 3.8) is 0 Å². The number of alkyl halides is 1. The van der Waals surface area contributed by atoms with E-state index in [1.807, 2.05) is 19.9 Å². The highest BCUT2D eigenvalue weighted by Crippen LogP contribution is 2.26. The van der Waals surface area contributed by atoms with Crippen LogP contribution >= 0.6 is 11.6 Å². The SMILES string of the molecule is CCC(c1nc2ccccc2c(=O)n1-c1ccc(F)cc1)N(CC)C(=O)CCl. The van der Waals surface area contributed by atoms with E-state index < -0.39 is 11.9 Å². The fraction of sp³-hybridized carbons (Fsp3) is 0.286. The maximum Gasteiger partial charge on any atom is 0.266 e. The molecule has 0 saturated heterocycles. The average molecular weight is 402 g/mol. The number of hydrogen-bond donors (Lipinski definition) is 0. The van der Waals surface area contributed by atoms with Gasteiger partial charge in [0, 0.05) is 6.54 Å². The van der Waals surface area contributed by atoms with Crippen molar-refractivity contribution in [3.8, 4) is 5.69 Å². The number of benzene rings is 2. The number of rotatable bonds is 6. The van der Waals surface area contributed by atoms with Gasteiger partial charge in [-0.1, -0.05) is 19.1 Å². The lowest BCUT2D eigenvalue weighted by Crippen LogP contribution is -2.39. The molecule has 0 N–H and O–H groups in total. The summed E-state index contributed by atoms with van der Waals surface area (Å²) in [5.74, 6) is -0.354. The summed E-state index contributed by atoms with van der Waals surface area (Å²) in [5.41, 5.74) is 0.779. The van der Waals surface area contributed by atoms with Gasteiger partial charge in [0.05, 0.1) is 22.6 Å².